The molecule has 1 heterocycles. The minimum absolute atomic E-state index is 0.0707. The molecule has 0 fully saturated rings. The highest BCUT2D eigenvalue weighted by atomic mass is 32.2. The third kappa shape index (κ3) is 4.24. The fourth-order valence-corrected chi connectivity index (χ4v) is 3.78. The first kappa shape index (κ1) is 18.0. The van der Waals surface area contributed by atoms with Gasteiger partial charge < -0.3 is 0 Å². The van der Waals surface area contributed by atoms with Crippen LogP contribution in [0.2, 0.25) is 0 Å². The fraction of sp³-hybridized carbons (Fsp3) is 0.118. The van der Waals surface area contributed by atoms with Crippen molar-refractivity contribution in [2.45, 2.75) is 18.7 Å². The molecule has 0 aliphatic carbocycles. The molecule has 1 aromatic heterocycles. The van der Waals surface area contributed by atoms with Crippen LogP contribution >= 0.6 is 11.3 Å². The van der Waals surface area contributed by atoms with E-state index in [4.69, 9.17) is 0 Å². The first-order chi connectivity index (χ1) is 12.3. The Hall–Kier alpha value is -2.78. The lowest BCUT2D eigenvalue weighted by Gasteiger charge is -2.09. The number of amides is 1. The summed E-state index contributed by atoms with van der Waals surface area (Å²) >= 11 is 1.26. The summed E-state index contributed by atoms with van der Waals surface area (Å²) in [5, 5.41) is 11.4. The molecule has 3 rings (SSSR count). The number of hydrogen-bond donors (Lipinski definition) is 2. The first-order valence-electron chi connectivity index (χ1n) is 7.64. The molecular weight excluding hydrogens is 372 g/mol. The Morgan fingerprint density at radius 1 is 0.962 bits per heavy atom. The minimum Gasteiger partial charge on any atom is -0.296 e. The van der Waals surface area contributed by atoms with Crippen LogP contribution in [0, 0.1) is 13.8 Å². The Labute approximate surface area is 155 Å². The number of aromatic nitrogens is 2. The van der Waals surface area contributed by atoms with Crippen molar-refractivity contribution in [1.29, 1.82) is 0 Å². The minimum atomic E-state index is -3.73. The van der Waals surface area contributed by atoms with Crippen molar-refractivity contribution in [3.8, 4) is 0 Å². The molecule has 0 saturated carbocycles. The van der Waals surface area contributed by atoms with Gasteiger partial charge in [0.2, 0.25) is 5.13 Å². The van der Waals surface area contributed by atoms with E-state index in [0.29, 0.717) is 16.4 Å². The molecule has 3 aromatic rings. The molecule has 0 saturated heterocycles. The smallest absolute Gasteiger partial charge is 0.261 e. The summed E-state index contributed by atoms with van der Waals surface area (Å²) in [5.41, 5.74) is 1.84. The first-order valence-corrected chi connectivity index (χ1v) is 9.94. The van der Waals surface area contributed by atoms with E-state index in [1.165, 1.54) is 35.6 Å². The van der Waals surface area contributed by atoms with Crippen molar-refractivity contribution in [2.75, 3.05) is 10.0 Å². The molecule has 26 heavy (non-hydrogen) atoms. The number of hydrogen-bond acceptors (Lipinski definition) is 6. The molecule has 0 aliphatic heterocycles. The number of benzene rings is 2. The Morgan fingerprint density at radius 3 is 2.19 bits per heavy atom. The summed E-state index contributed by atoms with van der Waals surface area (Å²) < 4.78 is 27.4. The maximum absolute atomic E-state index is 12.4. The molecule has 0 radical (unpaired) electrons. The number of sulfonamides is 1. The largest absolute Gasteiger partial charge is 0.296 e. The van der Waals surface area contributed by atoms with Crippen molar-refractivity contribution in [2.24, 2.45) is 0 Å². The summed E-state index contributed by atoms with van der Waals surface area (Å²) in [6.07, 6.45) is 0. The molecule has 0 bridgehead atoms. The van der Waals surface area contributed by atoms with E-state index in [9.17, 15) is 13.2 Å². The van der Waals surface area contributed by atoms with E-state index in [1.807, 2.05) is 19.1 Å². The number of carbonyl (C=O) groups is 1. The van der Waals surface area contributed by atoms with E-state index in [2.05, 4.69) is 20.2 Å². The molecule has 0 atom stereocenters. The summed E-state index contributed by atoms with van der Waals surface area (Å²) in [5.74, 6) is -0.378. The van der Waals surface area contributed by atoms with Gasteiger partial charge in [0.25, 0.3) is 15.9 Å². The lowest BCUT2D eigenvalue weighted by Crippen LogP contribution is -2.14. The Balaban J connectivity index is 1.73. The number of anilines is 2. The molecule has 1 amide bonds. The Kier molecular flexibility index (Phi) is 5.01. The van der Waals surface area contributed by atoms with Crippen LogP contribution < -0.4 is 10.0 Å². The fourth-order valence-electron chi connectivity index (χ4n) is 2.14. The van der Waals surface area contributed by atoms with Gasteiger partial charge in [0, 0.05) is 11.3 Å². The number of rotatable bonds is 5. The topological polar surface area (TPSA) is 101 Å². The van der Waals surface area contributed by atoms with Crippen molar-refractivity contribution >= 4 is 38.1 Å². The highest BCUT2D eigenvalue weighted by Crippen LogP contribution is 2.19. The molecule has 0 unspecified atom stereocenters. The van der Waals surface area contributed by atoms with E-state index in [0.717, 1.165) is 10.6 Å². The van der Waals surface area contributed by atoms with Crippen LogP contribution in [-0.2, 0) is 10.0 Å². The molecule has 7 nitrogen and oxygen atoms in total. The average molecular weight is 388 g/mol. The Bertz CT molecular complexity index is 1030. The SMILES string of the molecule is Cc1ccc(NS(=O)(=O)c2ccc(C(=O)Nc3nnc(C)s3)cc2)cc1. The molecule has 2 N–H and O–H groups in total. The van der Waals surface area contributed by atoms with Crippen LogP contribution in [-0.4, -0.2) is 24.5 Å². The second-order valence-corrected chi connectivity index (χ2v) is 8.44. The number of nitrogens with one attached hydrogen (secondary N) is 2. The van der Waals surface area contributed by atoms with Gasteiger partial charge in [0.1, 0.15) is 5.01 Å². The second-order valence-electron chi connectivity index (χ2n) is 5.58. The zero-order chi connectivity index (χ0) is 18.7. The zero-order valence-electron chi connectivity index (χ0n) is 14.1. The summed E-state index contributed by atoms with van der Waals surface area (Å²) in [6.45, 7) is 3.71. The predicted octanol–water partition coefficient (Wildman–Crippen LogP) is 3.21. The second kappa shape index (κ2) is 7.22. The predicted molar refractivity (Wildman–Crippen MR) is 101 cm³/mol. The standard InChI is InChI=1S/C17H16N4O3S2/c1-11-3-7-14(8-4-11)21-26(23,24)15-9-5-13(6-10-15)16(22)18-17-20-19-12(2)25-17/h3-10,21H,1-2H3,(H,18,20,22). The van der Waals surface area contributed by atoms with Crippen LogP contribution in [0.3, 0.4) is 0 Å². The zero-order valence-corrected chi connectivity index (χ0v) is 15.7. The molecule has 2 aromatic carbocycles. The molecular formula is C17H16N4O3S2. The maximum Gasteiger partial charge on any atom is 0.261 e. The monoisotopic (exact) mass is 388 g/mol. The van der Waals surface area contributed by atoms with Gasteiger partial charge in [0.05, 0.1) is 4.90 Å². The van der Waals surface area contributed by atoms with Gasteiger partial charge >= 0.3 is 0 Å². The van der Waals surface area contributed by atoms with Gasteiger partial charge in [-0.3, -0.25) is 14.8 Å². The highest BCUT2D eigenvalue weighted by Gasteiger charge is 2.16. The van der Waals surface area contributed by atoms with E-state index < -0.39 is 10.0 Å². The number of aryl methyl sites for hydroxylation is 2. The van der Waals surface area contributed by atoms with Crippen LogP contribution in [0.5, 0.6) is 0 Å². The summed E-state index contributed by atoms with van der Waals surface area (Å²) in [6, 6.07) is 12.7. The third-order valence-electron chi connectivity index (χ3n) is 3.48. The van der Waals surface area contributed by atoms with Gasteiger partial charge in [-0.25, -0.2) is 8.42 Å². The van der Waals surface area contributed by atoms with Gasteiger partial charge in [-0.2, -0.15) is 0 Å². The van der Waals surface area contributed by atoms with Crippen LogP contribution in [0.25, 0.3) is 0 Å². The van der Waals surface area contributed by atoms with Gasteiger partial charge in [-0.1, -0.05) is 29.0 Å². The lowest BCUT2D eigenvalue weighted by molar-refractivity contribution is 0.102. The molecule has 134 valence electrons. The maximum atomic E-state index is 12.4. The number of carbonyl (C=O) groups excluding carboxylic acids is 1. The van der Waals surface area contributed by atoms with Crippen LogP contribution in [0.4, 0.5) is 10.8 Å². The van der Waals surface area contributed by atoms with Gasteiger partial charge in [-0.15, -0.1) is 10.2 Å². The molecule has 0 aliphatic rings. The summed E-state index contributed by atoms with van der Waals surface area (Å²) in [4.78, 5) is 12.2. The van der Waals surface area contributed by atoms with E-state index >= 15 is 0 Å². The average Bonchev–Trinajstić information content (AvgIpc) is 3.02. The van der Waals surface area contributed by atoms with Gasteiger partial charge in [0.15, 0.2) is 0 Å². The quantitative estimate of drug-likeness (QED) is 0.699. The van der Waals surface area contributed by atoms with Crippen LogP contribution in [0.1, 0.15) is 20.9 Å². The number of nitrogens with zero attached hydrogens (tertiary/aromatic N) is 2. The third-order valence-corrected chi connectivity index (χ3v) is 5.63. The Morgan fingerprint density at radius 2 is 1.62 bits per heavy atom. The van der Waals surface area contributed by atoms with Crippen LogP contribution in [0.15, 0.2) is 53.4 Å². The van der Waals surface area contributed by atoms with E-state index in [1.54, 1.807) is 19.1 Å². The molecule has 0 spiro atoms. The summed E-state index contributed by atoms with van der Waals surface area (Å²) in [7, 11) is -3.73. The normalized spacial score (nSPS) is 11.2. The van der Waals surface area contributed by atoms with Crippen molar-refractivity contribution < 1.29 is 13.2 Å². The lowest BCUT2D eigenvalue weighted by atomic mass is 10.2. The van der Waals surface area contributed by atoms with Gasteiger partial charge in [-0.05, 0) is 50.2 Å². The van der Waals surface area contributed by atoms with E-state index in [-0.39, 0.29) is 10.8 Å². The molecule has 9 heteroatoms. The van der Waals surface area contributed by atoms with Crippen molar-refractivity contribution in [3.05, 3.63) is 64.7 Å². The highest BCUT2D eigenvalue weighted by molar-refractivity contribution is 7.92. The van der Waals surface area contributed by atoms with Crippen molar-refractivity contribution in [1.82, 2.24) is 10.2 Å². The van der Waals surface area contributed by atoms with Crippen molar-refractivity contribution in [3.63, 3.8) is 0 Å².